The molecule has 1 aromatic rings. The summed E-state index contributed by atoms with van der Waals surface area (Å²) in [5.74, 6) is -3.57. The van der Waals surface area contributed by atoms with Gasteiger partial charge in [-0.05, 0) is 6.07 Å². The monoisotopic (exact) mass is 267 g/mol. The molecule has 0 saturated carbocycles. The molecule has 1 aromatic carbocycles. The number of para-hydroxylation sites is 1. The summed E-state index contributed by atoms with van der Waals surface area (Å²) in [5, 5.41) is 18.2. The molecular formula is C8H4ClF2NO5. The van der Waals surface area contributed by atoms with Gasteiger partial charge in [0.2, 0.25) is 5.75 Å². The van der Waals surface area contributed by atoms with E-state index in [1.54, 1.807) is 0 Å². The molecule has 0 heterocycles. The van der Waals surface area contributed by atoms with Gasteiger partial charge in [-0.15, -0.1) is 0 Å². The van der Waals surface area contributed by atoms with Gasteiger partial charge in [-0.25, -0.2) is 4.79 Å². The second kappa shape index (κ2) is 4.50. The zero-order valence-electron chi connectivity index (χ0n) is 7.89. The molecule has 1 rings (SSSR count). The highest BCUT2D eigenvalue weighted by Gasteiger charge is 2.44. The smallest absolute Gasteiger partial charge is 0.474 e. The van der Waals surface area contributed by atoms with E-state index in [1.807, 2.05) is 0 Å². The van der Waals surface area contributed by atoms with Gasteiger partial charge in [-0.1, -0.05) is 17.7 Å². The fourth-order valence-corrected chi connectivity index (χ4v) is 1.12. The van der Waals surface area contributed by atoms with Crippen molar-refractivity contribution in [3.05, 3.63) is 33.3 Å². The third-order valence-corrected chi connectivity index (χ3v) is 1.92. The highest BCUT2D eigenvalue weighted by Crippen LogP contribution is 2.37. The van der Waals surface area contributed by atoms with Crippen molar-refractivity contribution in [2.45, 2.75) is 6.11 Å². The molecule has 0 spiro atoms. The minimum Gasteiger partial charge on any atom is -0.474 e. The zero-order chi connectivity index (χ0) is 13.2. The van der Waals surface area contributed by atoms with Crippen LogP contribution >= 0.6 is 11.6 Å². The van der Waals surface area contributed by atoms with E-state index in [4.69, 9.17) is 16.7 Å². The molecule has 6 nitrogen and oxygen atoms in total. The maximum atomic E-state index is 12.8. The van der Waals surface area contributed by atoms with E-state index in [1.165, 1.54) is 0 Å². The van der Waals surface area contributed by atoms with Gasteiger partial charge >= 0.3 is 17.8 Å². The van der Waals surface area contributed by atoms with E-state index < -0.39 is 33.5 Å². The molecule has 0 bridgehead atoms. The number of ether oxygens (including phenoxy) is 1. The molecule has 0 atom stereocenters. The Morgan fingerprint density at radius 1 is 1.53 bits per heavy atom. The lowest BCUT2D eigenvalue weighted by molar-refractivity contribution is -0.387. The molecule has 0 fully saturated rings. The average molecular weight is 268 g/mol. The minimum absolute atomic E-state index is 0.486. The Balaban J connectivity index is 3.22. The predicted octanol–water partition coefficient (Wildman–Crippen LogP) is 2.30. The molecule has 0 radical (unpaired) electrons. The highest BCUT2D eigenvalue weighted by molar-refractivity contribution is 6.32. The maximum absolute atomic E-state index is 12.8. The average Bonchev–Trinajstić information content (AvgIpc) is 2.20. The summed E-state index contributed by atoms with van der Waals surface area (Å²) in [7, 11) is 0. The van der Waals surface area contributed by atoms with Gasteiger partial charge in [0.05, 0.1) is 9.95 Å². The third-order valence-electron chi connectivity index (χ3n) is 1.62. The largest absolute Gasteiger partial charge is 0.502 e. The first-order valence-corrected chi connectivity index (χ1v) is 4.36. The molecule has 1 N–H and O–H groups in total. The summed E-state index contributed by atoms with van der Waals surface area (Å²) < 4.78 is 29.3. The molecule has 0 aliphatic carbocycles. The summed E-state index contributed by atoms with van der Waals surface area (Å²) in [6.45, 7) is 0. The lowest BCUT2D eigenvalue weighted by Gasteiger charge is -2.13. The SMILES string of the molecule is O=C(O)C(F)(F)Oc1c(Cl)cccc1[N+](=O)[O-]. The molecule has 0 aliphatic heterocycles. The summed E-state index contributed by atoms with van der Waals surface area (Å²) in [6, 6.07) is 3.06. The molecule has 9 heteroatoms. The van der Waals surface area contributed by atoms with Gasteiger partial charge in [-0.3, -0.25) is 10.1 Å². The van der Waals surface area contributed by atoms with Gasteiger partial charge < -0.3 is 9.84 Å². The Hall–Kier alpha value is -1.96. The van der Waals surface area contributed by atoms with Crippen molar-refractivity contribution in [3.8, 4) is 5.75 Å². The Morgan fingerprint density at radius 3 is 2.59 bits per heavy atom. The molecule has 0 unspecified atom stereocenters. The Bertz CT molecular complexity index is 479. The molecule has 0 aromatic heterocycles. The standard InChI is InChI=1S/C8H4ClF2NO5/c9-4-2-1-3-5(12(15)16)6(4)17-8(10,11)7(13)14/h1-3H,(H,13,14). The van der Waals surface area contributed by atoms with E-state index in [0.717, 1.165) is 18.2 Å². The van der Waals surface area contributed by atoms with Crippen molar-refractivity contribution in [3.63, 3.8) is 0 Å². The number of hydrogen-bond acceptors (Lipinski definition) is 4. The fourth-order valence-electron chi connectivity index (χ4n) is 0.914. The van der Waals surface area contributed by atoms with Crippen LogP contribution in [0.1, 0.15) is 0 Å². The molecule has 17 heavy (non-hydrogen) atoms. The normalized spacial score (nSPS) is 11.0. The summed E-state index contributed by atoms with van der Waals surface area (Å²) in [6.07, 6.45) is -4.60. The van der Waals surface area contributed by atoms with Gasteiger partial charge in [0.1, 0.15) is 0 Å². The van der Waals surface area contributed by atoms with Crippen LogP contribution in [0.5, 0.6) is 5.75 Å². The van der Waals surface area contributed by atoms with E-state index in [2.05, 4.69) is 4.74 Å². The summed E-state index contributed by atoms with van der Waals surface area (Å²) in [4.78, 5) is 19.6. The molecule has 92 valence electrons. The van der Waals surface area contributed by atoms with Gasteiger partial charge in [0.25, 0.3) is 0 Å². The van der Waals surface area contributed by atoms with Crippen LogP contribution in [-0.4, -0.2) is 22.1 Å². The Kier molecular flexibility index (Phi) is 3.47. The van der Waals surface area contributed by atoms with Crippen molar-refractivity contribution < 1.29 is 28.3 Å². The van der Waals surface area contributed by atoms with E-state index in [0.29, 0.717) is 0 Å². The number of nitro benzene ring substituents is 1. The van der Waals surface area contributed by atoms with Crippen molar-refractivity contribution in [2.24, 2.45) is 0 Å². The topological polar surface area (TPSA) is 89.7 Å². The Morgan fingerprint density at radius 2 is 2.12 bits per heavy atom. The van der Waals surface area contributed by atoms with Crippen LogP contribution in [0.3, 0.4) is 0 Å². The number of aliphatic carboxylic acids is 1. The van der Waals surface area contributed by atoms with Crippen molar-refractivity contribution in [2.75, 3.05) is 0 Å². The predicted molar refractivity (Wildman–Crippen MR) is 51.3 cm³/mol. The molecule has 0 amide bonds. The number of nitro groups is 1. The van der Waals surface area contributed by atoms with Gasteiger partial charge in [0.15, 0.2) is 0 Å². The van der Waals surface area contributed by atoms with Crippen LogP contribution in [0.15, 0.2) is 18.2 Å². The number of rotatable bonds is 4. The van der Waals surface area contributed by atoms with Crippen LogP contribution in [0.4, 0.5) is 14.5 Å². The second-order valence-electron chi connectivity index (χ2n) is 2.77. The van der Waals surface area contributed by atoms with Crippen LogP contribution in [0.25, 0.3) is 0 Å². The van der Waals surface area contributed by atoms with Crippen LogP contribution in [0.2, 0.25) is 5.02 Å². The second-order valence-corrected chi connectivity index (χ2v) is 3.18. The number of carboxylic acids is 1. The number of alkyl halides is 2. The minimum atomic E-state index is -4.60. The number of carbonyl (C=O) groups is 1. The number of hydrogen-bond donors (Lipinski definition) is 1. The first kappa shape index (κ1) is 13.1. The van der Waals surface area contributed by atoms with Crippen LogP contribution in [0, 0.1) is 10.1 Å². The number of halogens is 3. The van der Waals surface area contributed by atoms with Crippen LogP contribution in [-0.2, 0) is 4.79 Å². The number of nitrogens with zero attached hydrogens (tertiary/aromatic N) is 1. The maximum Gasteiger partial charge on any atom is 0.502 e. The lowest BCUT2D eigenvalue weighted by atomic mass is 10.3. The molecule has 0 saturated heterocycles. The quantitative estimate of drug-likeness (QED) is 0.668. The highest BCUT2D eigenvalue weighted by atomic mass is 35.5. The van der Waals surface area contributed by atoms with E-state index in [9.17, 15) is 23.7 Å². The number of benzene rings is 1. The first-order chi connectivity index (χ1) is 7.75. The van der Waals surface area contributed by atoms with E-state index >= 15 is 0 Å². The molecular weight excluding hydrogens is 264 g/mol. The fraction of sp³-hybridized carbons (Fsp3) is 0.125. The summed E-state index contributed by atoms with van der Waals surface area (Å²) >= 11 is 5.43. The van der Waals surface area contributed by atoms with Crippen LogP contribution < -0.4 is 4.74 Å². The van der Waals surface area contributed by atoms with Gasteiger partial charge in [-0.2, -0.15) is 8.78 Å². The third kappa shape index (κ3) is 2.78. The van der Waals surface area contributed by atoms with E-state index in [-0.39, 0.29) is 0 Å². The van der Waals surface area contributed by atoms with Crippen molar-refractivity contribution in [1.82, 2.24) is 0 Å². The zero-order valence-corrected chi connectivity index (χ0v) is 8.65. The number of carboxylic acid groups (broad SMARTS) is 1. The lowest BCUT2D eigenvalue weighted by Crippen LogP contribution is -2.35. The Labute approximate surface area is 97.5 Å². The van der Waals surface area contributed by atoms with Crippen molar-refractivity contribution >= 4 is 23.3 Å². The summed E-state index contributed by atoms with van der Waals surface area (Å²) in [5.41, 5.74) is -0.849. The first-order valence-electron chi connectivity index (χ1n) is 3.99. The van der Waals surface area contributed by atoms with Crippen molar-refractivity contribution in [1.29, 1.82) is 0 Å². The van der Waals surface area contributed by atoms with Gasteiger partial charge in [0, 0.05) is 6.07 Å². The molecule has 0 aliphatic rings.